The van der Waals surface area contributed by atoms with Gasteiger partial charge in [0.15, 0.2) is 5.58 Å². The molecule has 1 aliphatic heterocycles. The van der Waals surface area contributed by atoms with Gasteiger partial charge in [0.05, 0.1) is 5.52 Å². The standard InChI is InChI=1S/C22H22ClF2N3O4/c23-17-4-1-15(2-5-17)14-31-21(30)28-11-9-27(10-12-28)8-7-22(24,25)16-3-6-18-19(13-16)32-20(29)26-18/h1-6,13H,7-12,14H2,(H,26,29). The molecule has 0 spiro atoms. The molecule has 32 heavy (non-hydrogen) atoms. The molecule has 1 N–H and O–H groups in total. The van der Waals surface area contributed by atoms with Gasteiger partial charge in [0.1, 0.15) is 6.61 Å². The number of aromatic amines is 1. The Morgan fingerprint density at radius 1 is 1.12 bits per heavy atom. The molecule has 10 heteroatoms. The maximum atomic E-state index is 14.7. The molecule has 2 aromatic carbocycles. The number of piperazine rings is 1. The van der Waals surface area contributed by atoms with Crippen molar-refractivity contribution >= 4 is 28.8 Å². The Morgan fingerprint density at radius 2 is 1.84 bits per heavy atom. The van der Waals surface area contributed by atoms with Crippen LogP contribution in [0.1, 0.15) is 17.5 Å². The lowest BCUT2D eigenvalue weighted by Gasteiger charge is -2.34. The molecule has 0 unspecified atom stereocenters. The average molecular weight is 466 g/mol. The van der Waals surface area contributed by atoms with Gasteiger partial charge in [-0.1, -0.05) is 29.8 Å². The minimum absolute atomic E-state index is 0.109. The lowest BCUT2D eigenvalue weighted by Crippen LogP contribution is -2.49. The summed E-state index contributed by atoms with van der Waals surface area (Å²) >= 11 is 5.84. The van der Waals surface area contributed by atoms with Gasteiger partial charge in [0, 0.05) is 49.7 Å². The molecule has 0 bridgehead atoms. The van der Waals surface area contributed by atoms with Gasteiger partial charge in [-0.3, -0.25) is 9.88 Å². The molecule has 1 aliphatic rings. The first-order valence-corrected chi connectivity index (χ1v) is 10.6. The molecule has 3 aromatic rings. The van der Waals surface area contributed by atoms with Crippen LogP contribution in [0.5, 0.6) is 0 Å². The van der Waals surface area contributed by atoms with Crippen molar-refractivity contribution in [1.29, 1.82) is 0 Å². The van der Waals surface area contributed by atoms with Gasteiger partial charge >= 0.3 is 11.8 Å². The molecule has 0 saturated carbocycles. The Labute approximate surface area is 187 Å². The van der Waals surface area contributed by atoms with Crippen LogP contribution in [0.2, 0.25) is 5.02 Å². The van der Waals surface area contributed by atoms with Gasteiger partial charge in [-0.05, 0) is 29.8 Å². The Morgan fingerprint density at radius 3 is 2.56 bits per heavy atom. The summed E-state index contributed by atoms with van der Waals surface area (Å²) in [6, 6.07) is 10.9. The summed E-state index contributed by atoms with van der Waals surface area (Å²) in [5, 5.41) is 0.610. The quantitative estimate of drug-likeness (QED) is 0.590. The first-order chi connectivity index (χ1) is 15.3. The van der Waals surface area contributed by atoms with E-state index in [1.807, 2.05) is 4.90 Å². The first-order valence-electron chi connectivity index (χ1n) is 10.2. The van der Waals surface area contributed by atoms with Crippen LogP contribution in [0.15, 0.2) is 51.7 Å². The molecule has 7 nitrogen and oxygen atoms in total. The van der Waals surface area contributed by atoms with Gasteiger partial charge in [-0.25, -0.2) is 18.4 Å². The summed E-state index contributed by atoms with van der Waals surface area (Å²) in [6.45, 7) is 2.11. The number of hydrogen-bond acceptors (Lipinski definition) is 5. The predicted molar refractivity (Wildman–Crippen MR) is 115 cm³/mol. The fourth-order valence-electron chi connectivity index (χ4n) is 3.59. The van der Waals surface area contributed by atoms with Crippen LogP contribution in [0, 0.1) is 0 Å². The van der Waals surface area contributed by atoms with Crippen LogP contribution in [0.3, 0.4) is 0 Å². The molecule has 2 heterocycles. The summed E-state index contributed by atoms with van der Waals surface area (Å²) < 4.78 is 39.6. The molecule has 1 fully saturated rings. The van der Waals surface area contributed by atoms with E-state index in [1.54, 1.807) is 29.2 Å². The number of carbonyl (C=O) groups is 1. The highest BCUT2D eigenvalue weighted by Gasteiger charge is 2.33. The molecule has 1 saturated heterocycles. The van der Waals surface area contributed by atoms with Crippen LogP contribution in [-0.2, 0) is 17.3 Å². The number of fused-ring (bicyclic) bond motifs is 1. The monoisotopic (exact) mass is 465 g/mol. The number of nitrogens with zero attached hydrogens (tertiary/aromatic N) is 2. The lowest BCUT2D eigenvalue weighted by atomic mass is 10.0. The third-order valence-corrected chi connectivity index (χ3v) is 5.74. The minimum Gasteiger partial charge on any atom is -0.445 e. The van der Waals surface area contributed by atoms with E-state index in [2.05, 4.69) is 4.98 Å². The number of rotatable bonds is 6. The van der Waals surface area contributed by atoms with Gasteiger partial charge in [-0.2, -0.15) is 0 Å². The van der Waals surface area contributed by atoms with E-state index in [0.29, 0.717) is 36.7 Å². The van der Waals surface area contributed by atoms with E-state index in [0.717, 1.165) is 5.56 Å². The van der Waals surface area contributed by atoms with Crippen molar-refractivity contribution in [2.75, 3.05) is 32.7 Å². The molecule has 4 rings (SSSR count). The van der Waals surface area contributed by atoms with Gasteiger partial charge in [-0.15, -0.1) is 0 Å². The van der Waals surface area contributed by atoms with E-state index in [9.17, 15) is 18.4 Å². The Balaban J connectivity index is 1.24. The summed E-state index contributed by atoms with van der Waals surface area (Å²) in [6.07, 6.45) is -0.806. The van der Waals surface area contributed by atoms with Crippen LogP contribution in [0.25, 0.3) is 11.1 Å². The molecule has 0 atom stereocenters. The van der Waals surface area contributed by atoms with E-state index < -0.39 is 17.8 Å². The van der Waals surface area contributed by atoms with Crippen molar-refractivity contribution in [3.05, 3.63) is 69.2 Å². The summed E-state index contributed by atoms with van der Waals surface area (Å²) in [5.41, 5.74) is 1.13. The van der Waals surface area contributed by atoms with E-state index in [-0.39, 0.29) is 30.7 Å². The minimum atomic E-state index is -3.07. The smallest absolute Gasteiger partial charge is 0.417 e. The Hall–Kier alpha value is -2.91. The number of aromatic nitrogens is 1. The zero-order valence-electron chi connectivity index (χ0n) is 17.2. The van der Waals surface area contributed by atoms with Crippen LogP contribution in [-0.4, -0.2) is 53.6 Å². The molecule has 1 aromatic heterocycles. The lowest BCUT2D eigenvalue weighted by molar-refractivity contribution is -0.0254. The zero-order chi connectivity index (χ0) is 22.7. The second kappa shape index (κ2) is 9.30. The maximum absolute atomic E-state index is 14.7. The van der Waals surface area contributed by atoms with Crippen LogP contribution < -0.4 is 5.76 Å². The topological polar surface area (TPSA) is 78.8 Å². The van der Waals surface area contributed by atoms with E-state index in [1.165, 1.54) is 18.2 Å². The molecule has 1 amide bonds. The van der Waals surface area contributed by atoms with Crippen molar-refractivity contribution in [1.82, 2.24) is 14.8 Å². The van der Waals surface area contributed by atoms with Crippen molar-refractivity contribution < 1.29 is 22.7 Å². The molecular formula is C22H22ClF2N3O4. The fraction of sp³-hybridized carbons (Fsp3) is 0.364. The number of alkyl halides is 2. The average Bonchev–Trinajstić information content (AvgIpc) is 3.17. The van der Waals surface area contributed by atoms with Crippen LogP contribution >= 0.6 is 11.6 Å². The van der Waals surface area contributed by atoms with E-state index >= 15 is 0 Å². The first kappa shape index (κ1) is 22.3. The molecular weight excluding hydrogens is 444 g/mol. The summed E-state index contributed by atoms with van der Waals surface area (Å²) in [4.78, 5) is 29.4. The number of halogens is 3. The number of benzene rings is 2. The predicted octanol–water partition coefficient (Wildman–Crippen LogP) is 4.21. The fourth-order valence-corrected chi connectivity index (χ4v) is 3.71. The third-order valence-electron chi connectivity index (χ3n) is 5.49. The molecule has 0 aliphatic carbocycles. The SMILES string of the molecule is O=C(OCc1ccc(Cl)cc1)N1CCN(CCC(F)(F)c2ccc3[nH]c(=O)oc3c2)CC1. The molecule has 170 valence electrons. The number of carbonyl (C=O) groups excluding carboxylic acids is 1. The maximum Gasteiger partial charge on any atom is 0.417 e. The highest BCUT2D eigenvalue weighted by atomic mass is 35.5. The number of ether oxygens (including phenoxy) is 1. The zero-order valence-corrected chi connectivity index (χ0v) is 17.9. The number of hydrogen-bond donors (Lipinski definition) is 1. The number of amides is 1. The number of H-pyrrole nitrogens is 1. The highest BCUT2D eigenvalue weighted by Crippen LogP contribution is 2.33. The Kier molecular flexibility index (Phi) is 6.48. The van der Waals surface area contributed by atoms with E-state index in [4.69, 9.17) is 20.8 Å². The van der Waals surface area contributed by atoms with Crippen molar-refractivity contribution in [3.63, 3.8) is 0 Å². The van der Waals surface area contributed by atoms with Crippen molar-refractivity contribution in [2.45, 2.75) is 19.0 Å². The second-order valence-electron chi connectivity index (χ2n) is 7.69. The number of oxazole rings is 1. The largest absolute Gasteiger partial charge is 0.445 e. The number of nitrogens with one attached hydrogen (secondary N) is 1. The molecule has 0 radical (unpaired) electrons. The third kappa shape index (κ3) is 5.28. The van der Waals surface area contributed by atoms with Gasteiger partial charge in [0.25, 0.3) is 5.92 Å². The van der Waals surface area contributed by atoms with Gasteiger partial charge < -0.3 is 14.1 Å². The summed E-state index contributed by atoms with van der Waals surface area (Å²) in [7, 11) is 0. The summed E-state index contributed by atoms with van der Waals surface area (Å²) in [5.74, 6) is -3.75. The normalized spacial score (nSPS) is 15.3. The van der Waals surface area contributed by atoms with Crippen LogP contribution in [0.4, 0.5) is 13.6 Å². The van der Waals surface area contributed by atoms with Crippen molar-refractivity contribution in [3.8, 4) is 0 Å². The van der Waals surface area contributed by atoms with Gasteiger partial charge in [0.2, 0.25) is 0 Å². The van der Waals surface area contributed by atoms with Crippen molar-refractivity contribution in [2.24, 2.45) is 0 Å². The highest BCUT2D eigenvalue weighted by molar-refractivity contribution is 6.30. The Bertz CT molecular complexity index is 1140. The second-order valence-corrected chi connectivity index (χ2v) is 8.13.